The highest BCUT2D eigenvalue weighted by Gasteiger charge is 2.08. The van der Waals surface area contributed by atoms with E-state index in [-0.39, 0.29) is 12.3 Å². The highest BCUT2D eigenvalue weighted by molar-refractivity contribution is 7.15. The Morgan fingerprint density at radius 2 is 1.92 bits per heavy atom. The largest absolute Gasteiger partial charge is 0.493 e. The van der Waals surface area contributed by atoms with Crippen molar-refractivity contribution in [3.05, 3.63) is 75.2 Å². The SMILES string of the molecule is O=C(CCOc1ccccc1)Nc1ncc(Cc2ccc(Cl)c(Cl)c2)s1. The number of nitrogens with one attached hydrogen (secondary N) is 1. The quantitative estimate of drug-likeness (QED) is 0.567. The molecule has 0 aliphatic rings. The first kappa shape index (κ1) is 18.7. The maximum absolute atomic E-state index is 12.0. The molecule has 0 atom stereocenters. The van der Waals surface area contributed by atoms with Gasteiger partial charge in [0.2, 0.25) is 5.91 Å². The van der Waals surface area contributed by atoms with E-state index in [0.717, 1.165) is 16.2 Å². The van der Waals surface area contributed by atoms with Crippen LogP contribution in [0.3, 0.4) is 0 Å². The number of carbonyl (C=O) groups excluding carboxylic acids is 1. The number of para-hydroxylation sites is 1. The fourth-order valence-corrected chi connectivity index (χ4v) is 3.44. The van der Waals surface area contributed by atoms with E-state index in [1.54, 1.807) is 12.3 Å². The molecule has 0 unspecified atom stereocenters. The fraction of sp³-hybridized carbons (Fsp3) is 0.158. The number of aromatic nitrogens is 1. The molecule has 0 saturated heterocycles. The molecule has 3 rings (SSSR count). The van der Waals surface area contributed by atoms with Gasteiger partial charge < -0.3 is 10.1 Å². The van der Waals surface area contributed by atoms with Crippen molar-refractivity contribution in [3.63, 3.8) is 0 Å². The normalized spacial score (nSPS) is 10.5. The molecule has 0 aliphatic heterocycles. The molecule has 0 radical (unpaired) electrons. The summed E-state index contributed by atoms with van der Waals surface area (Å²) in [6.07, 6.45) is 2.70. The number of carbonyl (C=O) groups is 1. The van der Waals surface area contributed by atoms with E-state index in [9.17, 15) is 4.79 Å². The summed E-state index contributed by atoms with van der Waals surface area (Å²) >= 11 is 13.4. The Hall–Kier alpha value is -2.08. The van der Waals surface area contributed by atoms with E-state index in [4.69, 9.17) is 27.9 Å². The smallest absolute Gasteiger partial charge is 0.229 e. The molecular formula is C19H16Cl2N2O2S. The Labute approximate surface area is 165 Å². The Morgan fingerprint density at radius 1 is 1.12 bits per heavy atom. The number of halogens is 2. The highest BCUT2D eigenvalue weighted by Crippen LogP contribution is 2.26. The summed E-state index contributed by atoms with van der Waals surface area (Å²) in [6.45, 7) is 0.317. The number of hydrogen-bond donors (Lipinski definition) is 1. The summed E-state index contributed by atoms with van der Waals surface area (Å²) in [5, 5.41) is 4.43. The molecule has 2 aromatic carbocycles. The van der Waals surface area contributed by atoms with Gasteiger partial charge in [0.05, 0.1) is 23.1 Å². The molecule has 1 N–H and O–H groups in total. The molecule has 1 aromatic heterocycles. The molecule has 1 heterocycles. The van der Waals surface area contributed by atoms with Gasteiger partial charge >= 0.3 is 0 Å². The Bertz CT molecular complexity index is 884. The lowest BCUT2D eigenvalue weighted by atomic mass is 10.1. The Kier molecular flexibility index (Phi) is 6.50. The summed E-state index contributed by atoms with van der Waals surface area (Å²) < 4.78 is 5.52. The summed E-state index contributed by atoms with van der Waals surface area (Å²) in [7, 11) is 0. The van der Waals surface area contributed by atoms with Gasteiger partial charge in [0.25, 0.3) is 0 Å². The van der Waals surface area contributed by atoms with Crippen LogP contribution in [-0.2, 0) is 11.2 Å². The number of amides is 1. The van der Waals surface area contributed by atoms with Crippen LogP contribution in [0.25, 0.3) is 0 Å². The van der Waals surface area contributed by atoms with Crippen LogP contribution in [0.1, 0.15) is 16.9 Å². The van der Waals surface area contributed by atoms with Crippen LogP contribution in [0.4, 0.5) is 5.13 Å². The van der Waals surface area contributed by atoms with Crippen molar-refractivity contribution in [1.29, 1.82) is 0 Å². The minimum absolute atomic E-state index is 0.128. The first-order chi connectivity index (χ1) is 12.6. The second-order valence-corrected chi connectivity index (χ2v) is 7.45. The van der Waals surface area contributed by atoms with Crippen molar-refractivity contribution in [1.82, 2.24) is 4.98 Å². The first-order valence-electron chi connectivity index (χ1n) is 7.96. The molecule has 3 aromatic rings. The molecule has 26 heavy (non-hydrogen) atoms. The zero-order valence-electron chi connectivity index (χ0n) is 13.7. The van der Waals surface area contributed by atoms with Crippen molar-refractivity contribution in [2.75, 3.05) is 11.9 Å². The third kappa shape index (κ3) is 5.46. The molecule has 4 nitrogen and oxygen atoms in total. The van der Waals surface area contributed by atoms with Gasteiger partial charge in [-0.25, -0.2) is 4.98 Å². The third-order valence-electron chi connectivity index (χ3n) is 3.50. The topological polar surface area (TPSA) is 51.2 Å². The number of thiazole rings is 1. The number of benzene rings is 2. The Morgan fingerprint density at radius 3 is 2.69 bits per heavy atom. The van der Waals surface area contributed by atoms with Gasteiger partial charge in [-0.05, 0) is 29.8 Å². The molecule has 0 bridgehead atoms. The van der Waals surface area contributed by atoms with Crippen molar-refractivity contribution in [3.8, 4) is 5.75 Å². The van der Waals surface area contributed by atoms with Crippen LogP contribution >= 0.6 is 34.5 Å². The van der Waals surface area contributed by atoms with Gasteiger partial charge in [0.15, 0.2) is 5.13 Å². The van der Waals surface area contributed by atoms with Gasteiger partial charge in [0.1, 0.15) is 5.75 Å². The van der Waals surface area contributed by atoms with Gasteiger partial charge in [-0.1, -0.05) is 47.5 Å². The number of ether oxygens (including phenoxy) is 1. The van der Waals surface area contributed by atoms with Crippen LogP contribution in [0.5, 0.6) is 5.75 Å². The summed E-state index contributed by atoms with van der Waals surface area (Å²) in [5.41, 5.74) is 1.04. The summed E-state index contributed by atoms with van der Waals surface area (Å²) in [4.78, 5) is 17.3. The predicted octanol–water partition coefficient (Wildman–Crippen LogP) is 5.45. The fourth-order valence-electron chi connectivity index (χ4n) is 2.26. The van der Waals surface area contributed by atoms with Crippen molar-refractivity contribution in [2.45, 2.75) is 12.8 Å². The molecule has 0 aliphatic carbocycles. The monoisotopic (exact) mass is 406 g/mol. The first-order valence-corrected chi connectivity index (χ1v) is 9.54. The average Bonchev–Trinajstić information content (AvgIpc) is 3.06. The second-order valence-electron chi connectivity index (χ2n) is 5.52. The molecule has 0 spiro atoms. The van der Waals surface area contributed by atoms with Crippen molar-refractivity contribution < 1.29 is 9.53 Å². The zero-order chi connectivity index (χ0) is 18.4. The molecule has 0 fully saturated rings. The van der Waals surface area contributed by atoms with E-state index < -0.39 is 0 Å². The number of anilines is 1. The molecular weight excluding hydrogens is 391 g/mol. The number of hydrogen-bond acceptors (Lipinski definition) is 4. The third-order valence-corrected chi connectivity index (χ3v) is 5.16. The average molecular weight is 407 g/mol. The maximum Gasteiger partial charge on any atom is 0.229 e. The van der Waals surface area contributed by atoms with Crippen molar-refractivity contribution in [2.24, 2.45) is 0 Å². The second kappa shape index (κ2) is 9.03. The lowest BCUT2D eigenvalue weighted by molar-refractivity contribution is -0.116. The lowest BCUT2D eigenvalue weighted by Crippen LogP contribution is -2.14. The van der Waals surface area contributed by atoms with E-state index in [0.29, 0.717) is 28.2 Å². The van der Waals surface area contributed by atoms with Crippen LogP contribution in [0, 0.1) is 0 Å². The molecule has 0 saturated carbocycles. The number of rotatable bonds is 7. The van der Waals surface area contributed by atoms with Crippen LogP contribution in [0.15, 0.2) is 54.7 Å². The van der Waals surface area contributed by atoms with Gasteiger partial charge in [-0.15, -0.1) is 11.3 Å². The van der Waals surface area contributed by atoms with Crippen molar-refractivity contribution >= 4 is 45.6 Å². The summed E-state index contributed by atoms with van der Waals surface area (Å²) in [6, 6.07) is 14.9. The molecule has 134 valence electrons. The molecule has 7 heteroatoms. The van der Waals surface area contributed by atoms with Crippen LogP contribution in [-0.4, -0.2) is 17.5 Å². The zero-order valence-corrected chi connectivity index (χ0v) is 16.1. The Balaban J connectivity index is 1.48. The van der Waals surface area contributed by atoms with Crippen LogP contribution < -0.4 is 10.1 Å². The van der Waals surface area contributed by atoms with E-state index in [1.165, 1.54) is 11.3 Å². The van der Waals surface area contributed by atoms with Crippen LogP contribution in [0.2, 0.25) is 10.0 Å². The van der Waals surface area contributed by atoms with E-state index >= 15 is 0 Å². The standard InChI is InChI=1S/C19H16Cl2N2O2S/c20-16-7-6-13(11-17(16)21)10-15-12-22-19(26-15)23-18(24)8-9-25-14-4-2-1-3-5-14/h1-7,11-12H,8-10H2,(H,22,23,24). The minimum Gasteiger partial charge on any atom is -0.493 e. The summed E-state index contributed by atoms with van der Waals surface area (Å²) in [5.74, 6) is 0.620. The van der Waals surface area contributed by atoms with E-state index in [1.807, 2.05) is 42.5 Å². The van der Waals surface area contributed by atoms with Gasteiger partial charge in [-0.3, -0.25) is 4.79 Å². The molecule has 1 amide bonds. The number of nitrogens with zero attached hydrogens (tertiary/aromatic N) is 1. The predicted molar refractivity (Wildman–Crippen MR) is 107 cm³/mol. The van der Waals surface area contributed by atoms with Gasteiger partial charge in [-0.2, -0.15) is 0 Å². The maximum atomic E-state index is 12.0. The van der Waals surface area contributed by atoms with E-state index in [2.05, 4.69) is 10.3 Å². The lowest BCUT2D eigenvalue weighted by Gasteiger charge is -2.05. The minimum atomic E-state index is -0.128. The highest BCUT2D eigenvalue weighted by atomic mass is 35.5. The van der Waals surface area contributed by atoms with Gasteiger partial charge in [0, 0.05) is 17.5 Å².